The minimum Gasteiger partial charge on any atom is -0.469 e. The molecule has 194 valence electrons. The molecular weight excluding hydrogens is 472 g/mol. The molecule has 0 radical (unpaired) electrons. The molecule has 0 bridgehead atoms. The van der Waals surface area contributed by atoms with Gasteiger partial charge in [-0.2, -0.15) is 26.3 Å². The molecule has 1 aliphatic carbocycles. The Kier molecular flexibility index (Phi) is 8.72. The zero-order chi connectivity index (χ0) is 25.8. The van der Waals surface area contributed by atoms with E-state index in [9.17, 15) is 31.1 Å². The number of rotatable bonds is 7. The van der Waals surface area contributed by atoms with Crippen molar-refractivity contribution in [2.45, 2.75) is 70.4 Å². The van der Waals surface area contributed by atoms with Gasteiger partial charge in [-0.05, 0) is 61.3 Å². The van der Waals surface area contributed by atoms with Crippen molar-refractivity contribution in [2.24, 2.45) is 11.8 Å². The van der Waals surface area contributed by atoms with Gasteiger partial charge in [0.05, 0.1) is 18.2 Å². The van der Waals surface area contributed by atoms with Crippen molar-refractivity contribution in [3.05, 3.63) is 58.7 Å². The number of benzene rings is 1. The van der Waals surface area contributed by atoms with Crippen LogP contribution in [0, 0.1) is 11.8 Å². The Hall–Kier alpha value is -2.29. The zero-order valence-electron chi connectivity index (χ0n) is 19.9. The van der Waals surface area contributed by atoms with Gasteiger partial charge in [-0.15, -0.1) is 0 Å². The summed E-state index contributed by atoms with van der Waals surface area (Å²) in [5.74, 6) is -0.708. The fourth-order valence-electron chi connectivity index (χ4n) is 5.12. The number of carbonyl (C=O) groups is 1. The number of piperidine rings is 1. The van der Waals surface area contributed by atoms with Crippen LogP contribution in [-0.4, -0.2) is 36.7 Å². The quantitative estimate of drug-likeness (QED) is 0.301. The third-order valence-corrected chi connectivity index (χ3v) is 6.89. The minimum absolute atomic E-state index is 0.0430. The van der Waals surface area contributed by atoms with Crippen molar-refractivity contribution in [3.63, 3.8) is 0 Å². The van der Waals surface area contributed by atoms with Gasteiger partial charge < -0.3 is 4.74 Å². The highest BCUT2D eigenvalue weighted by atomic mass is 19.4. The van der Waals surface area contributed by atoms with E-state index in [4.69, 9.17) is 4.74 Å². The maximum absolute atomic E-state index is 13.8. The lowest BCUT2D eigenvalue weighted by Crippen LogP contribution is -2.46. The number of halogens is 6. The van der Waals surface area contributed by atoms with Gasteiger partial charge in [0, 0.05) is 19.0 Å². The molecule has 3 rings (SSSR count). The van der Waals surface area contributed by atoms with Gasteiger partial charge >= 0.3 is 18.3 Å². The van der Waals surface area contributed by atoms with Crippen molar-refractivity contribution in [3.8, 4) is 0 Å². The second-order valence-corrected chi connectivity index (χ2v) is 9.36. The number of allylic oxidation sites excluding steroid dienone is 3. The van der Waals surface area contributed by atoms with E-state index in [0.29, 0.717) is 25.8 Å². The second kappa shape index (κ2) is 11.2. The number of likely N-dealkylation sites (tertiary alicyclic amines) is 1. The van der Waals surface area contributed by atoms with E-state index in [1.807, 2.05) is 11.8 Å². The smallest absolute Gasteiger partial charge is 0.416 e. The molecule has 0 N–H and O–H groups in total. The molecule has 1 heterocycles. The average molecular weight is 504 g/mol. The molecular formula is C26H31F6NO2. The Morgan fingerprint density at radius 3 is 2.46 bits per heavy atom. The summed E-state index contributed by atoms with van der Waals surface area (Å²) in [7, 11) is 1.30. The third kappa shape index (κ3) is 7.12. The normalized spacial score (nSPS) is 23.8. The van der Waals surface area contributed by atoms with E-state index >= 15 is 0 Å². The Morgan fingerprint density at radius 1 is 1.14 bits per heavy atom. The molecule has 35 heavy (non-hydrogen) atoms. The van der Waals surface area contributed by atoms with Crippen LogP contribution < -0.4 is 0 Å². The fourth-order valence-corrected chi connectivity index (χ4v) is 5.12. The average Bonchev–Trinajstić information content (AvgIpc) is 2.79. The number of methoxy groups -OCH3 is 1. The molecule has 0 aromatic heterocycles. The number of hydrogen-bond acceptors (Lipinski definition) is 3. The van der Waals surface area contributed by atoms with E-state index in [2.05, 4.69) is 0 Å². The summed E-state index contributed by atoms with van der Waals surface area (Å²) in [6.07, 6.45) is -2.36. The van der Waals surface area contributed by atoms with Gasteiger partial charge in [0.15, 0.2) is 0 Å². The van der Waals surface area contributed by atoms with Crippen LogP contribution in [0.2, 0.25) is 0 Å². The fraction of sp³-hybridized carbons (Fsp3) is 0.577. The van der Waals surface area contributed by atoms with Crippen molar-refractivity contribution in [1.82, 2.24) is 4.90 Å². The van der Waals surface area contributed by atoms with E-state index in [-0.39, 0.29) is 48.8 Å². The Bertz CT molecular complexity index is 950. The van der Waals surface area contributed by atoms with Crippen LogP contribution in [0.4, 0.5) is 26.3 Å². The molecule has 0 spiro atoms. The van der Waals surface area contributed by atoms with Gasteiger partial charge in [-0.3, -0.25) is 9.69 Å². The highest BCUT2D eigenvalue weighted by molar-refractivity contribution is 5.69. The Labute approximate surface area is 201 Å². The number of alkyl halides is 6. The van der Waals surface area contributed by atoms with Crippen LogP contribution in [0.5, 0.6) is 0 Å². The lowest BCUT2D eigenvalue weighted by molar-refractivity contribution is -0.142. The van der Waals surface area contributed by atoms with Crippen LogP contribution in [0.15, 0.2) is 42.0 Å². The molecule has 1 aromatic carbocycles. The largest absolute Gasteiger partial charge is 0.469 e. The summed E-state index contributed by atoms with van der Waals surface area (Å²) in [4.78, 5) is 13.8. The SMILES string of the molecule is CCCc1ccc(C(F)(F)F)c(CN2CC[C@H](CC(=O)OC)C[C@@H]2C2C=CC(C(F)(F)F)=CC2)c1. The molecule has 0 saturated carbocycles. The molecule has 3 atom stereocenters. The number of aryl methyl sites for hydroxylation is 1. The summed E-state index contributed by atoms with van der Waals surface area (Å²) in [6.45, 7) is 2.45. The van der Waals surface area contributed by atoms with Gasteiger partial charge in [0.1, 0.15) is 0 Å². The summed E-state index contributed by atoms with van der Waals surface area (Å²) >= 11 is 0. The van der Waals surface area contributed by atoms with Crippen LogP contribution in [0.25, 0.3) is 0 Å². The van der Waals surface area contributed by atoms with Crippen molar-refractivity contribution < 1.29 is 35.9 Å². The van der Waals surface area contributed by atoms with Crippen LogP contribution >= 0.6 is 0 Å². The molecule has 1 saturated heterocycles. The third-order valence-electron chi connectivity index (χ3n) is 6.89. The van der Waals surface area contributed by atoms with Crippen molar-refractivity contribution in [1.29, 1.82) is 0 Å². The molecule has 1 unspecified atom stereocenters. The van der Waals surface area contributed by atoms with Crippen LogP contribution in [0.1, 0.15) is 55.7 Å². The number of ether oxygens (including phenoxy) is 1. The molecule has 1 aliphatic heterocycles. The first-order chi connectivity index (χ1) is 16.4. The van der Waals surface area contributed by atoms with Crippen molar-refractivity contribution in [2.75, 3.05) is 13.7 Å². The number of hydrogen-bond donors (Lipinski definition) is 0. The summed E-state index contributed by atoms with van der Waals surface area (Å²) in [5.41, 5.74) is -0.408. The summed E-state index contributed by atoms with van der Waals surface area (Å²) in [5, 5.41) is 0. The van der Waals surface area contributed by atoms with E-state index in [1.54, 1.807) is 6.07 Å². The predicted molar refractivity (Wildman–Crippen MR) is 120 cm³/mol. The Morgan fingerprint density at radius 2 is 1.89 bits per heavy atom. The summed E-state index contributed by atoms with van der Waals surface area (Å²) < 4.78 is 85.4. The number of nitrogens with zero attached hydrogens (tertiary/aromatic N) is 1. The van der Waals surface area contributed by atoms with Gasteiger partial charge in [-0.1, -0.05) is 43.7 Å². The molecule has 0 amide bonds. The monoisotopic (exact) mass is 503 g/mol. The van der Waals surface area contributed by atoms with E-state index in [0.717, 1.165) is 30.2 Å². The van der Waals surface area contributed by atoms with Gasteiger partial charge in [0.2, 0.25) is 0 Å². The molecule has 1 aromatic rings. The minimum atomic E-state index is -4.51. The summed E-state index contributed by atoms with van der Waals surface area (Å²) in [6, 6.07) is 3.93. The predicted octanol–water partition coefficient (Wildman–Crippen LogP) is 6.87. The van der Waals surface area contributed by atoms with Crippen molar-refractivity contribution >= 4 is 5.97 Å². The van der Waals surface area contributed by atoms with E-state index in [1.165, 1.54) is 19.3 Å². The molecule has 9 heteroatoms. The molecule has 3 nitrogen and oxygen atoms in total. The topological polar surface area (TPSA) is 29.5 Å². The standard InChI is InChI=1S/C26H31F6NO2/c1-3-4-17-5-10-22(26(30,31)32)20(13-17)16-33-12-11-18(15-24(34)35-2)14-23(33)19-6-8-21(9-7-19)25(27,28)29/h5-6,8-10,13,18-19,23H,3-4,7,11-12,14-16H2,1-2H3/t18-,19?,23+/m0/s1. The van der Waals surface area contributed by atoms with Crippen LogP contribution in [-0.2, 0) is 28.7 Å². The number of carbonyl (C=O) groups excluding carboxylic acids is 1. The highest BCUT2D eigenvalue weighted by Crippen LogP contribution is 2.39. The maximum Gasteiger partial charge on any atom is 0.416 e. The Balaban J connectivity index is 1.88. The van der Waals surface area contributed by atoms with Gasteiger partial charge in [0.25, 0.3) is 0 Å². The maximum atomic E-state index is 13.8. The second-order valence-electron chi connectivity index (χ2n) is 9.36. The highest BCUT2D eigenvalue weighted by Gasteiger charge is 2.39. The molecule has 1 fully saturated rings. The first-order valence-corrected chi connectivity index (χ1v) is 11.9. The molecule has 2 aliphatic rings. The number of esters is 1. The first-order valence-electron chi connectivity index (χ1n) is 11.9. The zero-order valence-corrected chi connectivity index (χ0v) is 19.9. The van der Waals surface area contributed by atoms with Gasteiger partial charge in [-0.25, -0.2) is 0 Å². The van der Waals surface area contributed by atoms with Crippen LogP contribution in [0.3, 0.4) is 0 Å². The van der Waals surface area contributed by atoms with E-state index < -0.39 is 23.5 Å². The lowest BCUT2D eigenvalue weighted by atomic mass is 9.79. The lowest BCUT2D eigenvalue weighted by Gasteiger charge is -2.43. The first kappa shape index (κ1) is 27.3.